The number of hydrogen-bond donors (Lipinski definition) is 0. The molecule has 1 unspecified atom stereocenters. The Hall–Kier alpha value is -1.26. The van der Waals surface area contributed by atoms with Crippen LogP contribution in [-0.2, 0) is 6.42 Å². The van der Waals surface area contributed by atoms with Crippen LogP contribution < -0.4 is 0 Å². The van der Waals surface area contributed by atoms with E-state index < -0.39 is 0 Å². The van der Waals surface area contributed by atoms with Gasteiger partial charge in [-0.25, -0.2) is 0 Å². The Balaban J connectivity index is 1.91. The van der Waals surface area contributed by atoms with Gasteiger partial charge in [-0.05, 0) is 53.6 Å². The molecule has 1 amide bonds. The molecule has 2 aromatic heterocycles. The van der Waals surface area contributed by atoms with E-state index >= 15 is 0 Å². The van der Waals surface area contributed by atoms with Gasteiger partial charge in [0, 0.05) is 11.4 Å². The zero-order valence-corrected chi connectivity index (χ0v) is 12.1. The van der Waals surface area contributed by atoms with Gasteiger partial charge >= 0.3 is 0 Å². The van der Waals surface area contributed by atoms with Crippen molar-refractivity contribution in [1.82, 2.24) is 4.90 Å². The summed E-state index contributed by atoms with van der Waals surface area (Å²) in [5.41, 5.74) is 1.28. The van der Waals surface area contributed by atoms with Gasteiger partial charge in [-0.15, -0.1) is 11.3 Å². The molecule has 0 aromatic carbocycles. The highest BCUT2D eigenvalue weighted by molar-refractivity contribution is 7.10. The van der Waals surface area contributed by atoms with Crippen molar-refractivity contribution in [2.24, 2.45) is 0 Å². The van der Waals surface area contributed by atoms with E-state index in [-0.39, 0.29) is 17.2 Å². The second kappa shape index (κ2) is 5.02. The third kappa shape index (κ3) is 2.19. The van der Waals surface area contributed by atoms with E-state index in [0.717, 1.165) is 19.4 Å². The van der Waals surface area contributed by atoms with Crippen molar-refractivity contribution < 1.29 is 9.21 Å². The minimum absolute atomic E-state index is 0.0735. The van der Waals surface area contributed by atoms with E-state index in [4.69, 9.17) is 16.0 Å². The van der Waals surface area contributed by atoms with Crippen LogP contribution in [0.3, 0.4) is 0 Å². The summed E-state index contributed by atoms with van der Waals surface area (Å²) in [6.45, 7) is 2.84. The molecule has 1 atom stereocenters. The first-order valence-corrected chi connectivity index (χ1v) is 7.59. The van der Waals surface area contributed by atoms with E-state index in [9.17, 15) is 4.79 Å². The molecule has 5 heteroatoms. The number of fused-ring (bicyclic) bond motifs is 1. The molecule has 3 rings (SSSR count). The van der Waals surface area contributed by atoms with Crippen LogP contribution in [0.1, 0.15) is 40.4 Å². The van der Waals surface area contributed by atoms with Crippen molar-refractivity contribution in [2.45, 2.75) is 25.8 Å². The molecule has 100 valence electrons. The zero-order valence-electron chi connectivity index (χ0n) is 10.6. The summed E-state index contributed by atoms with van der Waals surface area (Å²) in [5, 5.41) is 2.36. The lowest BCUT2D eigenvalue weighted by atomic mass is 9.97. The maximum Gasteiger partial charge on any atom is 0.290 e. The number of hydrogen-bond acceptors (Lipinski definition) is 3. The average Bonchev–Trinajstić information content (AvgIpc) is 3.04. The fourth-order valence-electron chi connectivity index (χ4n) is 2.65. The SMILES string of the molecule is CCC1c2ccsc2CCN1C(=O)c1ccc(Cl)o1. The number of furan rings is 1. The molecular weight excluding hydrogens is 282 g/mol. The van der Waals surface area contributed by atoms with Gasteiger partial charge < -0.3 is 9.32 Å². The third-order valence-electron chi connectivity index (χ3n) is 3.53. The van der Waals surface area contributed by atoms with Crippen LogP contribution in [-0.4, -0.2) is 17.4 Å². The van der Waals surface area contributed by atoms with E-state index in [1.54, 1.807) is 23.5 Å². The van der Waals surface area contributed by atoms with Crippen LogP contribution in [0.25, 0.3) is 0 Å². The van der Waals surface area contributed by atoms with Crippen LogP contribution in [0.2, 0.25) is 5.22 Å². The number of carbonyl (C=O) groups is 1. The van der Waals surface area contributed by atoms with E-state index in [1.165, 1.54) is 10.4 Å². The standard InChI is InChI=1S/C14H14ClNO2S/c1-2-10-9-6-8-19-12(9)5-7-16(10)14(17)11-3-4-13(15)18-11/h3-4,6,8,10H,2,5,7H2,1H3. The predicted molar refractivity (Wildman–Crippen MR) is 75.8 cm³/mol. The van der Waals surface area contributed by atoms with Gasteiger partial charge in [-0.3, -0.25) is 4.79 Å². The first-order valence-electron chi connectivity index (χ1n) is 6.33. The molecule has 19 heavy (non-hydrogen) atoms. The Kier molecular flexibility index (Phi) is 3.37. The highest BCUT2D eigenvalue weighted by atomic mass is 35.5. The number of halogens is 1. The second-order valence-electron chi connectivity index (χ2n) is 4.58. The van der Waals surface area contributed by atoms with Crippen molar-refractivity contribution >= 4 is 28.8 Å². The lowest BCUT2D eigenvalue weighted by molar-refractivity contribution is 0.0625. The number of carbonyl (C=O) groups excluding carboxylic acids is 1. The van der Waals surface area contributed by atoms with Crippen molar-refractivity contribution in [3.63, 3.8) is 0 Å². The molecule has 0 radical (unpaired) electrons. The van der Waals surface area contributed by atoms with E-state index in [0.29, 0.717) is 5.76 Å². The zero-order chi connectivity index (χ0) is 13.4. The summed E-state index contributed by atoms with van der Waals surface area (Å²) in [4.78, 5) is 15.8. The van der Waals surface area contributed by atoms with Crippen LogP contribution in [0, 0.1) is 0 Å². The molecule has 0 saturated heterocycles. The molecule has 1 aliphatic rings. The van der Waals surface area contributed by atoms with Gasteiger partial charge in [0.15, 0.2) is 11.0 Å². The normalized spacial score (nSPS) is 18.4. The van der Waals surface area contributed by atoms with Gasteiger partial charge in [-0.2, -0.15) is 0 Å². The average molecular weight is 296 g/mol. The minimum atomic E-state index is -0.0735. The topological polar surface area (TPSA) is 33.5 Å². The van der Waals surface area contributed by atoms with Crippen LogP contribution in [0.5, 0.6) is 0 Å². The summed E-state index contributed by atoms with van der Waals surface area (Å²) in [6.07, 6.45) is 1.83. The molecule has 2 aromatic rings. The molecule has 0 N–H and O–H groups in total. The van der Waals surface area contributed by atoms with Crippen molar-refractivity contribution in [3.05, 3.63) is 45.0 Å². The van der Waals surface area contributed by atoms with Crippen LogP contribution in [0.15, 0.2) is 28.0 Å². The largest absolute Gasteiger partial charge is 0.440 e. The van der Waals surface area contributed by atoms with Gasteiger partial charge in [0.1, 0.15) is 0 Å². The van der Waals surface area contributed by atoms with Crippen LogP contribution in [0.4, 0.5) is 0 Å². The first-order chi connectivity index (χ1) is 9.20. The Morgan fingerprint density at radius 2 is 2.37 bits per heavy atom. The predicted octanol–water partition coefficient (Wildman–Crippen LogP) is 4.14. The molecule has 0 spiro atoms. The number of thiophene rings is 1. The number of amides is 1. The molecule has 3 heterocycles. The molecule has 3 nitrogen and oxygen atoms in total. The number of rotatable bonds is 2. The van der Waals surface area contributed by atoms with E-state index in [1.807, 2.05) is 4.90 Å². The van der Waals surface area contributed by atoms with E-state index in [2.05, 4.69) is 18.4 Å². The summed E-state index contributed by atoms with van der Waals surface area (Å²) in [7, 11) is 0. The minimum Gasteiger partial charge on any atom is -0.440 e. The van der Waals surface area contributed by atoms with Crippen LogP contribution >= 0.6 is 22.9 Å². The maximum absolute atomic E-state index is 12.5. The monoisotopic (exact) mass is 295 g/mol. The first kappa shape index (κ1) is 12.8. The van der Waals surface area contributed by atoms with Crippen molar-refractivity contribution in [2.75, 3.05) is 6.54 Å². The smallest absolute Gasteiger partial charge is 0.290 e. The van der Waals surface area contributed by atoms with Gasteiger partial charge in [-0.1, -0.05) is 6.92 Å². The lowest BCUT2D eigenvalue weighted by Gasteiger charge is -2.34. The van der Waals surface area contributed by atoms with Crippen molar-refractivity contribution in [3.8, 4) is 0 Å². The Morgan fingerprint density at radius 1 is 1.53 bits per heavy atom. The highest BCUT2D eigenvalue weighted by Crippen LogP contribution is 2.36. The Bertz CT molecular complexity index is 604. The maximum atomic E-state index is 12.5. The summed E-state index contributed by atoms with van der Waals surface area (Å²) >= 11 is 7.52. The van der Waals surface area contributed by atoms with Gasteiger partial charge in [0.2, 0.25) is 0 Å². The number of nitrogens with zero attached hydrogens (tertiary/aromatic N) is 1. The molecular formula is C14H14ClNO2S. The molecule has 0 fully saturated rings. The fraction of sp³-hybridized carbons (Fsp3) is 0.357. The molecule has 0 aliphatic carbocycles. The second-order valence-corrected chi connectivity index (χ2v) is 5.95. The lowest BCUT2D eigenvalue weighted by Crippen LogP contribution is -2.39. The summed E-state index contributed by atoms with van der Waals surface area (Å²) < 4.78 is 5.24. The third-order valence-corrected chi connectivity index (χ3v) is 4.73. The summed E-state index contributed by atoms with van der Waals surface area (Å²) in [6, 6.07) is 5.52. The quantitative estimate of drug-likeness (QED) is 0.834. The van der Waals surface area contributed by atoms with Crippen molar-refractivity contribution in [1.29, 1.82) is 0 Å². The fourth-order valence-corrected chi connectivity index (χ4v) is 3.72. The summed E-state index contributed by atoms with van der Waals surface area (Å²) in [5.74, 6) is 0.248. The molecule has 1 aliphatic heterocycles. The Morgan fingerprint density at radius 3 is 3.05 bits per heavy atom. The Labute approximate surface area is 120 Å². The molecule has 0 bridgehead atoms. The van der Waals surface area contributed by atoms with Gasteiger partial charge in [0.25, 0.3) is 5.91 Å². The van der Waals surface area contributed by atoms with Gasteiger partial charge in [0.05, 0.1) is 6.04 Å². The molecule has 0 saturated carbocycles. The highest BCUT2D eigenvalue weighted by Gasteiger charge is 2.32.